The molecule has 0 bridgehead atoms. The Morgan fingerprint density at radius 1 is 0.724 bits per heavy atom. The monoisotopic (exact) mass is 492 g/mol. The predicted molar refractivity (Wildman–Crippen MR) is 114 cm³/mol. The van der Waals surface area contributed by atoms with Gasteiger partial charge in [-0.3, -0.25) is 4.55 Å². The zero-order valence-corrected chi connectivity index (χ0v) is 18.1. The average Bonchev–Trinajstić information content (AvgIpc) is 2.65. The highest BCUT2D eigenvalue weighted by Gasteiger charge is 2.52. The van der Waals surface area contributed by atoms with E-state index in [0.29, 0.717) is 0 Å². The summed E-state index contributed by atoms with van der Waals surface area (Å²) in [5.41, 5.74) is -0.510. The molecule has 152 valence electrons. The van der Waals surface area contributed by atoms with Gasteiger partial charge in [0, 0.05) is 26.7 Å². The van der Waals surface area contributed by atoms with Crippen LogP contribution in [0.1, 0.15) is 16.7 Å². The minimum absolute atomic E-state index is 0.0233. The Kier molecular flexibility index (Phi) is 5.98. The molecule has 5 nitrogen and oxygen atoms in total. The molecule has 3 rings (SSSR count). The minimum atomic E-state index is -5.10. The summed E-state index contributed by atoms with van der Waals surface area (Å²) >= 11 is 25.0. The van der Waals surface area contributed by atoms with Crippen LogP contribution in [0.2, 0.25) is 20.1 Å². The average molecular weight is 494 g/mol. The maximum atomic E-state index is 13.0. The van der Waals surface area contributed by atoms with Gasteiger partial charge in [-0.15, -0.1) is 0 Å². The van der Waals surface area contributed by atoms with E-state index in [1.54, 1.807) is 6.07 Å². The molecule has 1 unspecified atom stereocenters. The van der Waals surface area contributed by atoms with Crippen LogP contribution in [0.25, 0.3) is 0 Å². The molecule has 3 aromatic rings. The van der Waals surface area contributed by atoms with E-state index in [1.165, 1.54) is 36.4 Å². The molecule has 0 saturated heterocycles. The molecule has 0 amide bonds. The highest BCUT2D eigenvalue weighted by molar-refractivity contribution is 7.87. The van der Waals surface area contributed by atoms with Crippen molar-refractivity contribution in [2.45, 2.75) is 4.75 Å². The third kappa shape index (κ3) is 3.54. The lowest BCUT2D eigenvalue weighted by Gasteiger charge is -2.34. The van der Waals surface area contributed by atoms with Gasteiger partial charge in [-0.2, -0.15) is 8.42 Å². The van der Waals surface area contributed by atoms with Crippen molar-refractivity contribution in [3.8, 4) is 11.5 Å². The normalized spacial score (nSPS) is 13.8. The lowest BCUT2D eigenvalue weighted by molar-refractivity contribution is 0.455. The summed E-state index contributed by atoms with van der Waals surface area (Å²) in [6, 6.07) is 11.8. The Bertz CT molecular complexity index is 1210. The molecule has 0 radical (unpaired) electrons. The van der Waals surface area contributed by atoms with E-state index in [9.17, 15) is 23.2 Å². The summed E-state index contributed by atoms with van der Waals surface area (Å²) in [5, 5.41) is 19.1. The molecule has 0 heterocycles. The highest BCUT2D eigenvalue weighted by atomic mass is 35.5. The summed E-state index contributed by atoms with van der Waals surface area (Å²) in [4.78, 5) is 0. The molecule has 10 heteroatoms. The molecule has 0 aromatic heterocycles. The van der Waals surface area contributed by atoms with Crippen molar-refractivity contribution in [2.24, 2.45) is 0 Å². The standard InChI is InChI=1S/C19H12Cl4O5S/c20-14-4-2-1-3-11(14)19(29(26,27)28,13-9-10(24)5-7-15(13)21)12-6-8-16(25)18(23)17(12)22/h1-9,24-25H,(H,26,27,28). The number of aromatic hydroxyl groups is 2. The van der Waals surface area contributed by atoms with Crippen molar-refractivity contribution in [3.05, 3.63) is 91.4 Å². The van der Waals surface area contributed by atoms with Crippen LogP contribution in [0.4, 0.5) is 0 Å². The number of phenolic OH excluding ortho intramolecular Hbond substituents is 2. The number of hydrogen-bond donors (Lipinski definition) is 3. The van der Waals surface area contributed by atoms with Crippen LogP contribution in [0, 0.1) is 0 Å². The van der Waals surface area contributed by atoms with Crippen LogP contribution >= 0.6 is 46.4 Å². The second-order valence-electron chi connectivity index (χ2n) is 6.06. The molecule has 0 saturated carbocycles. The van der Waals surface area contributed by atoms with Gasteiger partial charge in [-0.1, -0.05) is 70.7 Å². The van der Waals surface area contributed by atoms with Gasteiger partial charge in [0.25, 0.3) is 10.1 Å². The van der Waals surface area contributed by atoms with Gasteiger partial charge in [0.05, 0.1) is 5.02 Å². The zero-order valence-electron chi connectivity index (χ0n) is 14.3. The fraction of sp³-hybridized carbons (Fsp3) is 0.0526. The van der Waals surface area contributed by atoms with E-state index in [1.807, 2.05) is 0 Å². The summed E-state index contributed by atoms with van der Waals surface area (Å²) in [5.74, 6) is -0.712. The molecule has 0 fully saturated rings. The topological polar surface area (TPSA) is 94.8 Å². The molecule has 3 N–H and O–H groups in total. The van der Waals surface area contributed by atoms with E-state index in [0.717, 1.165) is 12.1 Å². The van der Waals surface area contributed by atoms with Crippen molar-refractivity contribution in [1.29, 1.82) is 0 Å². The second kappa shape index (κ2) is 7.87. The predicted octanol–water partition coefficient (Wildman–Crippen LogP) is 5.89. The van der Waals surface area contributed by atoms with Crippen LogP contribution in [0.15, 0.2) is 54.6 Å². The van der Waals surface area contributed by atoms with E-state index < -0.39 is 20.6 Å². The van der Waals surface area contributed by atoms with Gasteiger partial charge in [-0.05, 0) is 30.3 Å². The largest absolute Gasteiger partial charge is 0.508 e. The van der Waals surface area contributed by atoms with Gasteiger partial charge in [0.15, 0.2) is 4.75 Å². The van der Waals surface area contributed by atoms with E-state index in [2.05, 4.69) is 0 Å². The Hall–Kier alpha value is -1.67. The summed E-state index contributed by atoms with van der Waals surface area (Å²) in [7, 11) is -5.10. The lowest BCUT2D eigenvalue weighted by atomic mass is 9.83. The summed E-state index contributed by atoms with van der Waals surface area (Å²) in [6.45, 7) is 0. The first-order valence-corrected chi connectivity index (χ1v) is 10.9. The molecular weight excluding hydrogens is 482 g/mol. The number of phenols is 2. The Balaban J connectivity index is 2.66. The Morgan fingerprint density at radius 3 is 1.97 bits per heavy atom. The smallest absolute Gasteiger partial charge is 0.283 e. The van der Waals surface area contributed by atoms with Crippen LogP contribution in [0.5, 0.6) is 11.5 Å². The van der Waals surface area contributed by atoms with Gasteiger partial charge < -0.3 is 10.2 Å². The first-order chi connectivity index (χ1) is 13.5. The Labute approximate surface area is 186 Å². The Morgan fingerprint density at radius 2 is 1.34 bits per heavy atom. The quantitative estimate of drug-likeness (QED) is 0.311. The van der Waals surface area contributed by atoms with Crippen molar-refractivity contribution >= 4 is 56.5 Å². The van der Waals surface area contributed by atoms with Gasteiger partial charge in [0.2, 0.25) is 0 Å². The number of benzene rings is 3. The van der Waals surface area contributed by atoms with E-state index in [4.69, 9.17) is 46.4 Å². The van der Waals surface area contributed by atoms with E-state index >= 15 is 0 Å². The van der Waals surface area contributed by atoms with Gasteiger partial charge in [-0.25, -0.2) is 0 Å². The number of hydrogen-bond acceptors (Lipinski definition) is 4. The molecule has 0 aliphatic rings. The molecule has 29 heavy (non-hydrogen) atoms. The fourth-order valence-electron chi connectivity index (χ4n) is 3.19. The maximum Gasteiger partial charge on any atom is 0.283 e. The third-order valence-corrected chi connectivity index (χ3v) is 7.38. The van der Waals surface area contributed by atoms with Crippen LogP contribution in [-0.4, -0.2) is 23.2 Å². The number of halogens is 4. The first kappa shape index (κ1) is 22.0. The number of rotatable bonds is 4. The van der Waals surface area contributed by atoms with Crippen molar-refractivity contribution in [2.75, 3.05) is 0 Å². The minimum Gasteiger partial charge on any atom is -0.508 e. The van der Waals surface area contributed by atoms with Crippen LogP contribution in [-0.2, 0) is 14.9 Å². The van der Waals surface area contributed by atoms with Crippen LogP contribution < -0.4 is 0 Å². The van der Waals surface area contributed by atoms with Gasteiger partial charge >= 0.3 is 0 Å². The summed E-state index contributed by atoms with van der Waals surface area (Å²) in [6.07, 6.45) is 0. The second-order valence-corrected chi connectivity index (χ2v) is 9.19. The summed E-state index contributed by atoms with van der Waals surface area (Å²) < 4.78 is 34.1. The maximum absolute atomic E-state index is 13.0. The fourth-order valence-corrected chi connectivity index (χ4v) is 5.71. The third-order valence-electron chi connectivity index (χ3n) is 4.41. The molecule has 0 spiro atoms. The SMILES string of the molecule is O=S(=O)(O)C(c1ccccc1Cl)(c1cc(O)ccc1Cl)c1ccc(O)c(Cl)c1Cl. The molecule has 3 aromatic carbocycles. The molecule has 0 aliphatic heterocycles. The molecule has 1 atom stereocenters. The molecule has 0 aliphatic carbocycles. The molecular formula is C19H12Cl4O5S. The highest BCUT2D eigenvalue weighted by Crippen LogP contribution is 2.52. The van der Waals surface area contributed by atoms with Gasteiger partial charge in [0.1, 0.15) is 16.5 Å². The first-order valence-electron chi connectivity index (χ1n) is 7.90. The van der Waals surface area contributed by atoms with Crippen LogP contribution in [0.3, 0.4) is 0 Å². The van der Waals surface area contributed by atoms with Crippen molar-refractivity contribution in [1.82, 2.24) is 0 Å². The van der Waals surface area contributed by atoms with Crippen molar-refractivity contribution in [3.63, 3.8) is 0 Å². The van der Waals surface area contributed by atoms with E-state index in [-0.39, 0.29) is 42.5 Å². The van der Waals surface area contributed by atoms with Crippen molar-refractivity contribution < 1.29 is 23.2 Å². The zero-order chi connectivity index (χ0) is 21.6. The lowest BCUT2D eigenvalue weighted by Crippen LogP contribution is -2.39.